The molecule has 1 saturated heterocycles. The highest BCUT2D eigenvalue weighted by Crippen LogP contribution is 2.19. The summed E-state index contributed by atoms with van der Waals surface area (Å²) in [6, 6.07) is 0. The number of nitrogens with two attached hydrogens (primary N) is 1. The highest BCUT2D eigenvalue weighted by molar-refractivity contribution is 5.76. The summed E-state index contributed by atoms with van der Waals surface area (Å²) in [5.41, 5.74) is 8.77. The summed E-state index contributed by atoms with van der Waals surface area (Å²) in [5.74, 6) is -0.609. The molecule has 1 aliphatic rings. The van der Waals surface area contributed by atoms with E-state index in [1.807, 2.05) is 0 Å². The Morgan fingerprint density at radius 2 is 2.00 bits per heavy atom. The molecule has 19 heavy (non-hydrogen) atoms. The van der Waals surface area contributed by atoms with Gasteiger partial charge in [0.2, 0.25) is 0 Å². The summed E-state index contributed by atoms with van der Waals surface area (Å²) in [7, 11) is 0. The number of nitrogens with zero attached hydrogens (tertiary/aromatic N) is 2. The van der Waals surface area contributed by atoms with Gasteiger partial charge in [0.1, 0.15) is 24.4 Å². The third-order valence-corrected chi connectivity index (χ3v) is 2.41. The van der Waals surface area contributed by atoms with Crippen molar-refractivity contribution in [2.75, 3.05) is 6.61 Å². The number of hydrogen-bond acceptors (Lipinski definition) is 9. The normalized spacial score (nSPS) is 35.8. The van der Waals surface area contributed by atoms with Crippen molar-refractivity contribution in [3.63, 3.8) is 0 Å². The number of nitro groups is 1. The van der Waals surface area contributed by atoms with E-state index in [1.54, 1.807) is 0 Å². The van der Waals surface area contributed by atoms with Gasteiger partial charge in [-0.3, -0.25) is 5.43 Å². The number of hydrazone groups is 1. The number of guanidine groups is 1. The summed E-state index contributed by atoms with van der Waals surface area (Å²) < 4.78 is 5.00. The topological polar surface area (TPSA) is 196 Å². The zero-order valence-corrected chi connectivity index (χ0v) is 9.58. The van der Waals surface area contributed by atoms with E-state index in [1.165, 1.54) is 5.43 Å². The standard InChI is InChI=1S/C7H15N5O7/c8-7(11-12(17)18)10-9-6-5(16)4(15)3(14)2(1-13)19-6/h2-6,9,13-16H,1H2,(H3,8,10,11)/t2-,3-,4+,5-,6-/m1/s1. The highest BCUT2D eigenvalue weighted by atomic mass is 16.7. The third-order valence-electron chi connectivity index (χ3n) is 2.41. The fourth-order valence-electron chi connectivity index (χ4n) is 1.46. The molecule has 1 heterocycles. The van der Waals surface area contributed by atoms with Gasteiger partial charge >= 0.3 is 0 Å². The van der Waals surface area contributed by atoms with Gasteiger partial charge in [-0.05, 0) is 0 Å². The molecule has 0 bridgehead atoms. The van der Waals surface area contributed by atoms with Crippen molar-refractivity contribution in [1.82, 2.24) is 10.9 Å². The maximum atomic E-state index is 10.0. The minimum Gasteiger partial charge on any atom is -0.394 e. The minimum atomic E-state index is -1.58. The van der Waals surface area contributed by atoms with Gasteiger partial charge in [0, 0.05) is 0 Å². The van der Waals surface area contributed by atoms with Crippen LogP contribution in [-0.2, 0) is 4.74 Å². The predicted octanol–water partition coefficient (Wildman–Crippen LogP) is -4.61. The van der Waals surface area contributed by atoms with Crippen LogP contribution in [0.4, 0.5) is 0 Å². The van der Waals surface area contributed by atoms with Crippen LogP contribution < -0.4 is 16.6 Å². The maximum Gasteiger partial charge on any atom is 0.272 e. The lowest BCUT2D eigenvalue weighted by Crippen LogP contribution is -2.62. The van der Waals surface area contributed by atoms with Crippen LogP contribution in [0.1, 0.15) is 0 Å². The first-order chi connectivity index (χ1) is 8.86. The zero-order valence-electron chi connectivity index (χ0n) is 9.58. The maximum absolute atomic E-state index is 10.0. The molecule has 0 aliphatic carbocycles. The second-order valence-electron chi connectivity index (χ2n) is 3.74. The first kappa shape index (κ1) is 15.3. The molecule has 0 aromatic heterocycles. The van der Waals surface area contributed by atoms with E-state index in [9.17, 15) is 25.4 Å². The molecule has 12 heteroatoms. The average Bonchev–Trinajstić information content (AvgIpc) is 2.34. The number of hydrogen-bond donors (Lipinski definition) is 7. The molecule has 0 spiro atoms. The minimum absolute atomic E-state index is 0.602. The Hall–Kier alpha value is -1.73. The molecule has 110 valence electrons. The van der Waals surface area contributed by atoms with Crippen molar-refractivity contribution < 1.29 is 30.2 Å². The first-order valence-electron chi connectivity index (χ1n) is 5.17. The fraction of sp³-hybridized carbons (Fsp3) is 0.857. The number of rotatable bonds is 4. The van der Waals surface area contributed by atoms with Crippen LogP contribution in [0.25, 0.3) is 0 Å². The van der Waals surface area contributed by atoms with Crippen molar-refractivity contribution in [1.29, 1.82) is 0 Å². The Bertz CT molecular complexity index is 351. The molecule has 0 aromatic carbocycles. The van der Waals surface area contributed by atoms with Crippen LogP contribution in [0, 0.1) is 10.1 Å². The Balaban J connectivity index is 2.64. The van der Waals surface area contributed by atoms with Crippen molar-refractivity contribution in [2.24, 2.45) is 10.8 Å². The molecule has 1 aliphatic heterocycles. The summed E-state index contributed by atoms with van der Waals surface area (Å²) in [5, 5.41) is 49.8. The molecule has 0 radical (unpaired) electrons. The number of ether oxygens (including phenoxy) is 1. The number of aliphatic hydroxyl groups excluding tert-OH is 4. The van der Waals surface area contributed by atoms with E-state index in [2.05, 4.69) is 10.5 Å². The predicted molar refractivity (Wildman–Crippen MR) is 58.7 cm³/mol. The Kier molecular flexibility index (Phi) is 5.20. The van der Waals surface area contributed by atoms with Crippen molar-refractivity contribution in [3.8, 4) is 0 Å². The van der Waals surface area contributed by atoms with Crippen molar-refractivity contribution >= 4 is 5.96 Å². The van der Waals surface area contributed by atoms with E-state index in [4.69, 9.17) is 15.6 Å². The van der Waals surface area contributed by atoms with Gasteiger partial charge in [0.15, 0.2) is 11.3 Å². The Labute approximate surface area is 106 Å². The molecule has 12 nitrogen and oxygen atoms in total. The van der Waals surface area contributed by atoms with E-state index < -0.39 is 48.2 Å². The third kappa shape index (κ3) is 3.87. The SMILES string of the molecule is N/C(=N\N[C@@H]1O[C@H](CO)[C@@H](O)[C@H](O)[C@H]1O)N[N+](=O)[O-]. The van der Waals surface area contributed by atoms with Crippen molar-refractivity contribution in [2.45, 2.75) is 30.6 Å². The van der Waals surface area contributed by atoms with Crippen LogP contribution in [0.2, 0.25) is 0 Å². The number of nitrogens with one attached hydrogen (secondary N) is 2. The lowest BCUT2D eigenvalue weighted by atomic mass is 9.99. The van der Waals surface area contributed by atoms with Gasteiger partial charge in [0.05, 0.1) is 6.61 Å². The zero-order chi connectivity index (χ0) is 14.6. The Morgan fingerprint density at radius 1 is 1.37 bits per heavy atom. The van der Waals surface area contributed by atoms with Gasteiger partial charge in [-0.25, -0.2) is 10.1 Å². The molecular formula is C7H15N5O7. The summed E-state index contributed by atoms with van der Waals surface area (Å²) in [6.45, 7) is -0.602. The van der Waals surface area contributed by atoms with Crippen LogP contribution in [0.5, 0.6) is 0 Å². The molecule has 0 unspecified atom stereocenters. The first-order valence-corrected chi connectivity index (χ1v) is 5.17. The summed E-state index contributed by atoms with van der Waals surface area (Å²) in [6.07, 6.45) is -7.07. The summed E-state index contributed by atoms with van der Waals surface area (Å²) in [4.78, 5) is 10.0. The monoisotopic (exact) mass is 281 g/mol. The van der Waals surface area contributed by atoms with Crippen molar-refractivity contribution in [3.05, 3.63) is 10.1 Å². The molecule has 5 atom stereocenters. The lowest BCUT2D eigenvalue weighted by Gasteiger charge is -2.39. The van der Waals surface area contributed by atoms with E-state index in [-0.39, 0.29) is 0 Å². The van der Waals surface area contributed by atoms with Gasteiger partial charge in [-0.1, -0.05) is 5.43 Å². The van der Waals surface area contributed by atoms with Crippen LogP contribution in [0.15, 0.2) is 5.10 Å². The van der Waals surface area contributed by atoms with E-state index in [0.717, 1.165) is 0 Å². The van der Waals surface area contributed by atoms with Gasteiger partial charge in [-0.2, -0.15) is 0 Å². The molecular weight excluding hydrogens is 266 g/mol. The smallest absolute Gasteiger partial charge is 0.272 e. The fourth-order valence-corrected chi connectivity index (χ4v) is 1.46. The largest absolute Gasteiger partial charge is 0.394 e. The van der Waals surface area contributed by atoms with Gasteiger partial charge < -0.3 is 30.9 Å². The highest BCUT2D eigenvalue weighted by Gasteiger charge is 2.43. The van der Waals surface area contributed by atoms with E-state index in [0.29, 0.717) is 0 Å². The number of hydrazine groups is 1. The number of aliphatic hydroxyl groups is 4. The molecule has 1 fully saturated rings. The molecule has 0 amide bonds. The molecule has 0 saturated carbocycles. The van der Waals surface area contributed by atoms with Gasteiger partial charge in [0.25, 0.3) is 5.96 Å². The quantitative estimate of drug-likeness (QED) is 0.114. The second kappa shape index (κ2) is 6.44. The second-order valence-corrected chi connectivity index (χ2v) is 3.74. The van der Waals surface area contributed by atoms with Crippen LogP contribution >= 0.6 is 0 Å². The lowest BCUT2D eigenvalue weighted by molar-refractivity contribution is -0.525. The Morgan fingerprint density at radius 3 is 2.53 bits per heavy atom. The van der Waals surface area contributed by atoms with E-state index >= 15 is 0 Å². The van der Waals surface area contributed by atoms with Crippen LogP contribution in [-0.4, -0.2) is 68.7 Å². The van der Waals surface area contributed by atoms with Gasteiger partial charge in [-0.15, -0.1) is 5.10 Å². The average molecular weight is 281 g/mol. The van der Waals surface area contributed by atoms with Crippen LogP contribution in [0.3, 0.4) is 0 Å². The molecule has 1 rings (SSSR count). The summed E-state index contributed by atoms with van der Waals surface area (Å²) >= 11 is 0. The molecule has 8 N–H and O–H groups in total. The molecule has 0 aromatic rings.